The molecule has 1 aliphatic heterocycles. The number of carbonyl (C=O) groups excluding carboxylic acids is 1. The van der Waals surface area contributed by atoms with Crippen LogP contribution in [0.1, 0.15) is 42.5 Å². The lowest BCUT2D eigenvalue weighted by atomic mass is 9.84. The molecule has 1 saturated carbocycles. The van der Waals surface area contributed by atoms with Crippen molar-refractivity contribution in [2.75, 3.05) is 0 Å². The van der Waals surface area contributed by atoms with Gasteiger partial charge in [0.05, 0.1) is 0 Å². The Kier molecular flexibility index (Phi) is 4.18. The van der Waals surface area contributed by atoms with Crippen molar-refractivity contribution < 1.29 is 19.1 Å². The van der Waals surface area contributed by atoms with Crippen molar-refractivity contribution in [2.24, 2.45) is 5.92 Å². The Morgan fingerprint density at radius 3 is 2.73 bits per heavy atom. The quantitative estimate of drug-likeness (QED) is 0.909. The van der Waals surface area contributed by atoms with Crippen LogP contribution >= 0.6 is 0 Å². The van der Waals surface area contributed by atoms with Crippen LogP contribution in [0.15, 0.2) is 30.9 Å². The third kappa shape index (κ3) is 2.75. The van der Waals surface area contributed by atoms with Gasteiger partial charge in [0, 0.05) is 11.6 Å². The van der Waals surface area contributed by atoms with Crippen LogP contribution in [0.2, 0.25) is 0 Å². The molecule has 1 amide bonds. The molecule has 2 aliphatic rings. The van der Waals surface area contributed by atoms with Crippen molar-refractivity contribution in [1.29, 1.82) is 0 Å². The molecule has 3 atom stereocenters. The highest BCUT2D eigenvalue weighted by atomic mass is 19.1. The van der Waals surface area contributed by atoms with Crippen molar-refractivity contribution in [2.45, 2.75) is 44.2 Å². The molecule has 8 heteroatoms. The number of likely N-dealkylation sites (tertiary alicyclic amines) is 1. The predicted molar refractivity (Wildman–Crippen MR) is 89.3 cm³/mol. The summed E-state index contributed by atoms with van der Waals surface area (Å²) in [6, 6.07) is 3.21. The maximum absolute atomic E-state index is 14.5. The Labute approximate surface area is 149 Å². The fourth-order valence-corrected chi connectivity index (χ4v) is 4.28. The number of hydrogen-bond donors (Lipinski definition) is 1. The molecule has 0 radical (unpaired) electrons. The minimum absolute atomic E-state index is 0.0737. The van der Waals surface area contributed by atoms with Crippen LogP contribution in [0.3, 0.4) is 0 Å². The Balaban J connectivity index is 1.65. The van der Waals surface area contributed by atoms with Crippen LogP contribution in [0, 0.1) is 11.7 Å². The van der Waals surface area contributed by atoms with Crippen molar-refractivity contribution in [3.63, 3.8) is 0 Å². The van der Waals surface area contributed by atoms with Gasteiger partial charge in [-0.2, -0.15) is 5.10 Å². The molecule has 136 valence electrons. The highest BCUT2D eigenvalue weighted by Gasteiger charge is 2.47. The lowest BCUT2D eigenvalue weighted by Crippen LogP contribution is -2.46. The number of nitrogens with zero attached hydrogens (tertiary/aromatic N) is 4. The van der Waals surface area contributed by atoms with Gasteiger partial charge in [-0.25, -0.2) is 18.9 Å². The second-order valence-corrected chi connectivity index (χ2v) is 6.92. The Bertz CT molecular complexity index is 839. The maximum atomic E-state index is 14.5. The molecule has 2 fully saturated rings. The van der Waals surface area contributed by atoms with Crippen molar-refractivity contribution >= 4 is 11.9 Å². The van der Waals surface area contributed by atoms with Gasteiger partial charge < -0.3 is 10.0 Å². The summed E-state index contributed by atoms with van der Waals surface area (Å²) in [6.07, 6.45) is 6.94. The smallest absolute Gasteiger partial charge is 0.326 e. The molecule has 2 heterocycles. The first-order valence-corrected chi connectivity index (χ1v) is 8.76. The summed E-state index contributed by atoms with van der Waals surface area (Å²) < 4.78 is 15.7. The lowest BCUT2D eigenvalue weighted by molar-refractivity contribution is -0.141. The first-order valence-electron chi connectivity index (χ1n) is 8.76. The average molecular weight is 358 g/mol. The van der Waals surface area contributed by atoms with Crippen LogP contribution in [0.25, 0.3) is 5.69 Å². The molecule has 0 spiro atoms. The van der Waals surface area contributed by atoms with Gasteiger partial charge >= 0.3 is 5.97 Å². The number of fused-ring (bicyclic) bond motifs is 1. The molecule has 1 aliphatic carbocycles. The van der Waals surface area contributed by atoms with Crippen LogP contribution in [-0.2, 0) is 4.79 Å². The number of rotatable bonds is 3. The lowest BCUT2D eigenvalue weighted by Gasteiger charge is -2.33. The fraction of sp³-hybridized carbons (Fsp3) is 0.444. The second kappa shape index (κ2) is 6.51. The summed E-state index contributed by atoms with van der Waals surface area (Å²) in [5, 5.41) is 13.4. The molecule has 1 saturated heterocycles. The normalized spacial score (nSPS) is 25.1. The Morgan fingerprint density at radius 2 is 2.04 bits per heavy atom. The highest BCUT2D eigenvalue weighted by Crippen LogP contribution is 2.40. The third-order valence-corrected chi connectivity index (χ3v) is 5.47. The molecule has 7 nitrogen and oxygen atoms in total. The van der Waals surface area contributed by atoms with Gasteiger partial charge in [0.25, 0.3) is 5.91 Å². The van der Waals surface area contributed by atoms with Gasteiger partial charge in [-0.3, -0.25) is 4.79 Å². The summed E-state index contributed by atoms with van der Waals surface area (Å²) in [5.41, 5.74) is 0.342. The molecule has 1 aromatic carbocycles. The topological polar surface area (TPSA) is 88.3 Å². The monoisotopic (exact) mass is 358 g/mol. The van der Waals surface area contributed by atoms with Crippen LogP contribution in [0.5, 0.6) is 0 Å². The van der Waals surface area contributed by atoms with Crippen molar-refractivity contribution in [3.05, 3.63) is 42.2 Å². The van der Waals surface area contributed by atoms with E-state index in [2.05, 4.69) is 10.1 Å². The Morgan fingerprint density at radius 1 is 1.23 bits per heavy atom. The largest absolute Gasteiger partial charge is 0.480 e. The van der Waals surface area contributed by atoms with E-state index >= 15 is 0 Å². The SMILES string of the molecule is O=C(O)[C@@H]1C[C@@H]2CCCC[C@@H]2N1C(=O)c1ccc(-n2cncn2)c(F)c1. The molecule has 0 bridgehead atoms. The number of benzene rings is 1. The molecular formula is C18H19FN4O3. The van der Waals surface area contributed by atoms with Gasteiger partial charge in [0.15, 0.2) is 0 Å². The van der Waals surface area contributed by atoms with E-state index in [0.717, 1.165) is 31.7 Å². The number of carbonyl (C=O) groups is 2. The van der Waals surface area contributed by atoms with Gasteiger partial charge in [-0.1, -0.05) is 12.8 Å². The number of hydrogen-bond acceptors (Lipinski definition) is 4. The Hall–Kier alpha value is -2.77. The molecule has 1 aromatic heterocycles. The zero-order chi connectivity index (χ0) is 18.3. The van der Waals surface area contributed by atoms with E-state index in [1.54, 1.807) is 0 Å². The summed E-state index contributed by atoms with van der Waals surface area (Å²) in [4.78, 5) is 30.0. The van der Waals surface area contributed by atoms with Gasteiger partial charge in [0.2, 0.25) is 0 Å². The zero-order valence-electron chi connectivity index (χ0n) is 14.1. The first-order chi connectivity index (χ1) is 12.6. The standard InChI is InChI=1S/C18H19FN4O3/c19-13-7-12(5-6-15(13)22-10-20-9-21-22)17(24)23-14-4-2-1-3-11(14)8-16(23)18(25)26/h5-7,9-11,14,16H,1-4,8H2,(H,25,26)/t11-,14-,16-/m0/s1. The van der Waals surface area contributed by atoms with Crippen LogP contribution < -0.4 is 0 Å². The minimum atomic E-state index is -0.993. The molecule has 2 aromatic rings. The second-order valence-electron chi connectivity index (χ2n) is 6.92. The molecule has 26 heavy (non-hydrogen) atoms. The number of amides is 1. The summed E-state index contributed by atoms with van der Waals surface area (Å²) in [7, 11) is 0. The van der Waals surface area contributed by atoms with E-state index in [4.69, 9.17) is 0 Å². The fourth-order valence-electron chi connectivity index (χ4n) is 4.28. The molecule has 4 rings (SSSR count). The predicted octanol–water partition coefficient (Wildman–Crippen LogP) is 2.26. The van der Waals surface area contributed by atoms with E-state index in [-0.39, 0.29) is 23.2 Å². The van der Waals surface area contributed by atoms with Crippen LogP contribution in [0.4, 0.5) is 4.39 Å². The summed E-state index contributed by atoms with van der Waals surface area (Å²) in [6.45, 7) is 0. The highest BCUT2D eigenvalue weighted by molar-refractivity contribution is 5.97. The minimum Gasteiger partial charge on any atom is -0.480 e. The maximum Gasteiger partial charge on any atom is 0.326 e. The number of aliphatic carboxylic acids is 1. The zero-order valence-corrected chi connectivity index (χ0v) is 14.1. The van der Waals surface area contributed by atoms with E-state index in [1.165, 1.54) is 34.4 Å². The van der Waals surface area contributed by atoms with Crippen molar-refractivity contribution in [3.8, 4) is 5.69 Å². The van der Waals surface area contributed by atoms with E-state index in [9.17, 15) is 19.1 Å². The van der Waals surface area contributed by atoms with E-state index in [0.29, 0.717) is 6.42 Å². The third-order valence-electron chi connectivity index (χ3n) is 5.47. The summed E-state index contributed by atoms with van der Waals surface area (Å²) in [5.74, 6) is -1.80. The molecular weight excluding hydrogens is 339 g/mol. The van der Waals surface area contributed by atoms with E-state index < -0.39 is 23.7 Å². The summed E-state index contributed by atoms with van der Waals surface area (Å²) >= 11 is 0. The van der Waals surface area contributed by atoms with E-state index in [1.807, 2.05) is 0 Å². The van der Waals surface area contributed by atoms with Gasteiger partial charge in [-0.15, -0.1) is 0 Å². The molecule has 0 unspecified atom stereocenters. The van der Waals surface area contributed by atoms with Gasteiger partial charge in [0.1, 0.15) is 30.2 Å². The number of halogens is 1. The van der Waals surface area contributed by atoms with Crippen molar-refractivity contribution in [1.82, 2.24) is 19.7 Å². The number of carboxylic acid groups (broad SMARTS) is 1. The first kappa shape index (κ1) is 16.7. The number of carboxylic acids is 1. The van der Waals surface area contributed by atoms with Gasteiger partial charge in [-0.05, 0) is 43.4 Å². The number of aromatic nitrogens is 3. The average Bonchev–Trinajstić information content (AvgIpc) is 3.28. The van der Waals surface area contributed by atoms with Crippen LogP contribution in [-0.4, -0.2) is 48.7 Å². The molecule has 1 N–H and O–H groups in total.